The van der Waals surface area contributed by atoms with E-state index in [4.69, 9.17) is 0 Å². The van der Waals surface area contributed by atoms with Gasteiger partial charge in [0.1, 0.15) is 0 Å². The normalized spacial score (nSPS) is 11.5. The Bertz CT molecular complexity index is 352. The molecule has 0 aliphatic heterocycles. The molecule has 1 aromatic heterocycles. The van der Waals surface area contributed by atoms with Crippen LogP contribution in [0, 0.1) is 2.88 Å². The number of aliphatic hydroxyl groups excluding tert-OH is 1. The van der Waals surface area contributed by atoms with E-state index < -0.39 is 5.54 Å². The van der Waals surface area contributed by atoms with Crippen LogP contribution in [0.5, 0.6) is 0 Å². The smallest absolute Gasteiger partial charge is 0.252 e. The van der Waals surface area contributed by atoms with Gasteiger partial charge < -0.3 is 10.4 Å². The Labute approximate surface area is 113 Å². The number of hydrogen-bond donors (Lipinski definition) is 2. The fourth-order valence-corrected chi connectivity index (χ4v) is 2.76. The Morgan fingerprint density at radius 3 is 2.56 bits per heavy atom. The van der Waals surface area contributed by atoms with Gasteiger partial charge >= 0.3 is 0 Å². The number of carbonyl (C=O) groups excluding carboxylic acids is 1. The molecule has 0 saturated heterocycles. The zero-order chi connectivity index (χ0) is 12.2. The van der Waals surface area contributed by atoms with E-state index >= 15 is 0 Å². The minimum absolute atomic E-state index is 0.0209. The highest BCUT2D eigenvalue weighted by Gasteiger charge is 2.27. The zero-order valence-electron chi connectivity index (χ0n) is 9.42. The highest BCUT2D eigenvalue weighted by molar-refractivity contribution is 14.1. The second kappa shape index (κ2) is 5.97. The summed E-state index contributed by atoms with van der Waals surface area (Å²) in [6.07, 6.45) is 1.46. The van der Waals surface area contributed by atoms with Gasteiger partial charge in [-0.15, -0.1) is 11.3 Å². The van der Waals surface area contributed by atoms with Crippen molar-refractivity contribution in [1.82, 2.24) is 5.32 Å². The fourth-order valence-electron chi connectivity index (χ4n) is 1.43. The quantitative estimate of drug-likeness (QED) is 0.800. The van der Waals surface area contributed by atoms with Crippen molar-refractivity contribution >= 4 is 39.8 Å². The predicted molar refractivity (Wildman–Crippen MR) is 74.9 cm³/mol. The van der Waals surface area contributed by atoms with Crippen LogP contribution in [0.25, 0.3) is 0 Å². The molecule has 1 heterocycles. The first-order chi connectivity index (χ1) is 7.56. The van der Waals surface area contributed by atoms with E-state index in [9.17, 15) is 9.90 Å². The molecule has 1 rings (SSSR count). The molecule has 16 heavy (non-hydrogen) atoms. The van der Waals surface area contributed by atoms with Crippen LogP contribution in [0.15, 0.2) is 11.4 Å². The highest BCUT2D eigenvalue weighted by Crippen LogP contribution is 2.19. The molecule has 3 nitrogen and oxygen atoms in total. The minimum atomic E-state index is -0.482. The Hall–Kier alpha value is -0.140. The standard InChI is InChI=1S/C11H16INO2S/c1-3-11(4-2,7-14)13-10(15)8-5-9(12)16-6-8/h5-6,14H,3-4,7H2,1-2H3,(H,13,15). The maximum atomic E-state index is 11.9. The van der Waals surface area contributed by atoms with Gasteiger partial charge in [0.15, 0.2) is 0 Å². The molecule has 0 atom stereocenters. The first-order valence-corrected chi connectivity index (χ1v) is 7.20. The largest absolute Gasteiger partial charge is 0.394 e. The van der Waals surface area contributed by atoms with Gasteiger partial charge in [0.25, 0.3) is 5.91 Å². The highest BCUT2D eigenvalue weighted by atomic mass is 127. The van der Waals surface area contributed by atoms with Crippen LogP contribution in [0.2, 0.25) is 0 Å². The molecule has 0 bridgehead atoms. The third-order valence-corrected chi connectivity index (χ3v) is 4.65. The van der Waals surface area contributed by atoms with Gasteiger partial charge in [0, 0.05) is 5.38 Å². The van der Waals surface area contributed by atoms with E-state index in [0.717, 1.165) is 15.7 Å². The van der Waals surface area contributed by atoms with E-state index in [-0.39, 0.29) is 12.5 Å². The van der Waals surface area contributed by atoms with E-state index in [1.807, 2.05) is 25.3 Å². The number of carbonyl (C=O) groups is 1. The maximum absolute atomic E-state index is 11.9. The summed E-state index contributed by atoms with van der Waals surface area (Å²) in [5.74, 6) is -0.100. The molecule has 0 radical (unpaired) electrons. The van der Waals surface area contributed by atoms with Crippen LogP contribution >= 0.6 is 33.9 Å². The Morgan fingerprint density at radius 1 is 1.56 bits per heavy atom. The Kier molecular flexibility index (Phi) is 5.20. The SMILES string of the molecule is CCC(CC)(CO)NC(=O)c1csc(I)c1. The molecule has 0 saturated carbocycles. The van der Waals surface area contributed by atoms with Crippen LogP contribution in [-0.4, -0.2) is 23.2 Å². The lowest BCUT2D eigenvalue weighted by atomic mass is 9.93. The van der Waals surface area contributed by atoms with Crippen molar-refractivity contribution in [2.24, 2.45) is 0 Å². The predicted octanol–water partition coefficient (Wildman–Crippen LogP) is 2.63. The van der Waals surface area contributed by atoms with Gasteiger partial charge in [-0.25, -0.2) is 0 Å². The summed E-state index contributed by atoms with van der Waals surface area (Å²) in [5, 5.41) is 14.1. The number of aliphatic hydroxyl groups is 1. The van der Waals surface area contributed by atoms with Gasteiger partial charge in [-0.3, -0.25) is 4.79 Å². The van der Waals surface area contributed by atoms with Crippen LogP contribution in [0.4, 0.5) is 0 Å². The van der Waals surface area contributed by atoms with Gasteiger partial charge in [0.2, 0.25) is 0 Å². The lowest BCUT2D eigenvalue weighted by Crippen LogP contribution is -2.50. The molecule has 0 fully saturated rings. The maximum Gasteiger partial charge on any atom is 0.252 e. The lowest BCUT2D eigenvalue weighted by Gasteiger charge is -2.30. The van der Waals surface area contributed by atoms with Crippen LogP contribution in [0.3, 0.4) is 0 Å². The van der Waals surface area contributed by atoms with Crippen molar-refractivity contribution in [2.75, 3.05) is 6.61 Å². The third kappa shape index (κ3) is 3.18. The van der Waals surface area contributed by atoms with E-state index in [1.165, 1.54) is 0 Å². The van der Waals surface area contributed by atoms with Gasteiger partial charge in [-0.1, -0.05) is 13.8 Å². The van der Waals surface area contributed by atoms with Gasteiger partial charge in [-0.2, -0.15) is 0 Å². The Balaban J connectivity index is 2.76. The fraction of sp³-hybridized carbons (Fsp3) is 0.545. The van der Waals surface area contributed by atoms with Crippen molar-refractivity contribution in [2.45, 2.75) is 32.2 Å². The number of hydrogen-bond acceptors (Lipinski definition) is 3. The average molecular weight is 353 g/mol. The van der Waals surface area contributed by atoms with E-state index in [0.29, 0.717) is 5.56 Å². The molecule has 1 aromatic rings. The number of thiophene rings is 1. The molecule has 0 aliphatic carbocycles. The summed E-state index contributed by atoms with van der Waals surface area (Å²) in [7, 11) is 0. The summed E-state index contributed by atoms with van der Waals surface area (Å²) in [5.41, 5.74) is 0.193. The monoisotopic (exact) mass is 353 g/mol. The first-order valence-electron chi connectivity index (χ1n) is 5.24. The topological polar surface area (TPSA) is 49.3 Å². The number of amides is 1. The third-order valence-electron chi connectivity index (χ3n) is 2.86. The minimum Gasteiger partial charge on any atom is -0.394 e. The molecule has 1 amide bonds. The Morgan fingerprint density at radius 2 is 2.19 bits per heavy atom. The van der Waals surface area contributed by atoms with Crippen molar-refractivity contribution < 1.29 is 9.90 Å². The molecular weight excluding hydrogens is 337 g/mol. The molecule has 0 aliphatic rings. The average Bonchev–Trinajstić information content (AvgIpc) is 2.73. The summed E-state index contributed by atoms with van der Waals surface area (Å²) in [4.78, 5) is 11.9. The van der Waals surface area contributed by atoms with Crippen molar-refractivity contribution in [3.63, 3.8) is 0 Å². The van der Waals surface area contributed by atoms with Crippen molar-refractivity contribution in [3.8, 4) is 0 Å². The van der Waals surface area contributed by atoms with Gasteiger partial charge in [-0.05, 0) is 41.5 Å². The molecule has 5 heteroatoms. The molecule has 0 unspecified atom stereocenters. The second-order valence-electron chi connectivity index (χ2n) is 3.74. The molecule has 90 valence electrons. The molecule has 2 N–H and O–H groups in total. The van der Waals surface area contributed by atoms with Crippen LogP contribution in [0.1, 0.15) is 37.0 Å². The second-order valence-corrected chi connectivity index (χ2v) is 6.54. The van der Waals surface area contributed by atoms with E-state index in [1.54, 1.807) is 11.3 Å². The van der Waals surface area contributed by atoms with E-state index in [2.05, 4.69) is 27.9 Å². The van der Waals surface area contributed by atoms with Crippen molar-refractivity contribution in [3.05, 3.63) is 19.9 Å². The first kappa shape index (κ1) is 13.9. The zero-order valence-corrected chi connectivity index (χ0v) is 12.4. The number of halogens is 1. The number of rotatable bonds is 5. The summed E-state index contributed by atoms with van der Waals surface area (Å²) in [6.45, 7) is 3.92. The van der Waals surface area contributed by atoms with Gasteiger partial charge in [0.05, 0.1) is 20.6 Å². The number of nitrogens with one attached hydrogen (secondary N) is 1. The van der Waals surface area contributed by atoms with Crippen LogP contribution < -0.4 is 5.32 Å². The summed E-state index contributed by atoms with van der Waals surface area (Å²) >= 11 is 3.73. The molecule has 0 spiro atoms. The van der Waals surface area contributed by atoms with Crippen molar-refractivity contribution in [1.29, 1.82) is 0 Å². The summed E-state index contributed by atoms with van der Waals surface area (Å²) < 4.78 is 1.09. The van der Waals surface area contributed by atoms with Crippen LogP contribution in [-0.2, 0) is 0 Å². The lowest BCUT2D eigenvalue weighted by molar-refractivity contribution is 0.0818. The molecular formula is C11H16INO2S. The summed E-state index contributed by atoms with van der Waals surface area (Å²) in [6, 6.07) is 1.86. The molecule has 0 aromatic carbocycles.